The lowest BCUT2D eigenvalue weighted by atomic mass is 9.77. The highest BCUT2D eigenvalue weighted by Gasteiger charge is 2.52. The van der Waals surface area contributed by atoms with Gasteiger partial charge in [-0.2, -0.15) is 0 Å². The molecule has 1 atom stereocenters. The zero-order chi connectivity index (χ0) is 15.1. The zero-order valence-electron chi connectivity index (χ0n) is 12.8. The molecule has 1 saturated heterocycles. The molecule has 20 heavy (non-hydrogen) atoms. The number of aliphatic hydroxyl groups excluding tert-OH is 1. The van der Waals surface area contributed by atoms with Crippen LogP contribution < -0.4 is 5.46 Å². The van der Waals surface area contributed by atoms with Crippen molar-refractivity contribution in [2.45, 2.75) is 58.3 Å². The second-order valence-electron chi connectivity index (χ2n) is 6.53. The molecule has 0 bridgehead atoms. The van der Waals surface area contributed by atoms with Gasteiger partial charge in [-0.15, -0.1) is 0 Å². The first-order valence-corrected chi connectivity index (χ1v) is 6.98. The van der Waals surface area contributed by atoms with E-state index in [1.807, 2.05) is 33.8 Å². The van der Waals surface area contributed by atoms with Crippen LogP contribution in [-0.2, 0) is 15.7 Å². The van der Waals surface area contributed by atoms with Crippen molar-refractivity contribution >= 4 is 12.6 Å². The number of aromatic hydroxyl groups is 1. The molecule has 1 aromatic rings. The molecule has 0 aliphatic carbocycles. The van der Waals surface area contributed by atoms with Crippen LogP contribution in [0.3, 0.4) is 0 Å². The molecule has 110 valence electrons. The van der Waals surface area contributed by atoms with Crippen molar-refractivity contribution in [3.8, 4) is 5.75 Å². The number of benzene rings is 1. The molecule has 2 rings (SSSR count). The quantitative estimate of drug-likeness (QED) is 0.825. The van der Waals surface area contributed by atoms with E-state index >= 15 is 0 Å². The third-order valence-electron chi connectivity index (χ3n) is 4.13. The maximum absolute atomic E-state index is 10.0. The first-order valence-electron chi connectivity index (χ1n) is 6.98. The van der Waals surface area contributed by atoms with Crippen molar-refractivity contribution in [3.05, 3.63) is 23.8 Å². The van der Waals surface area contributed by atoms with Gasteiger partial charge in [0.05, 0.1) is 17.3 Å². The minimum atomic E-state index is -0.589. The molecular weight excluding hydrogens is 255 g/mol. The molecule has 1 heterocycles. The zero-order valence-corrected chi connectivity index (χ0v) is 12.8. The summed E-state index contributed by atoms with van der Waals surface area (Å²) in [6.07, 6.45) is 0.109. The molecule has 1 aromatic carbocycles. The molecule has 5 heteroatoms. The normalized spacial score (nSPS) is 22.0. The average Bonchev–Trinajstić information content (AvgIpc) is 2.50. The predicted octanol–water partition coefficient (Wildman–Crippen LogP) is 1.61. The summed E-state index contributed by atoms with van der Waals surface area (Å²) in [6.45, 7) is 9.64. The number of phenolic OH excluding ortho intramolecular Hbond substituents is 1. The monoisotopic (exact) mass is 278 g/mol. The maximum Gasteiger partial charge on any atom is 0.498 e. The molecule has 4 nitrogen and oxygen atoms in total. The third kappa shape index (κ3) is 2.85. The van der Waals surface area contributed by atoms with Crippen molar-refractivity contribution in [1.29, 1.82) is 0 Å². The van der Waals surface area contributed by atoms with E-state index in [2.05, 4.69) is 0 Å². The molecule has 0 saturated carbocycles. The number of rotatable bonds is 3. The lowest BCUT2D eigenvalue weighted by molar-refractivity contribution is 0.00578. The summed E-state index contributed by atoms with van der Waals surface area (Å²) in [7, 11) is -0.589. The molecule has 1 aliphatic rings. The smallest absolute Gasteiger partial charge is 0.498 e. The van der Waals surface area contributed by atoms with E-state index in [0.29, 0.717) is 11.9 Å². The van der Waals surface area contributed by atoms with Gasteiger partial charge in [-0.1, -0.05) is 12.1 Å². The highest BCUT2D eigenvalue weighted by Crippen LogP contribution is 2.37. The Morgan fingerprint density at radius 3 is 2.20 bits per heavy atom. The Morgan fingerprint density at radius 1 is 1.15 bits per heavy atom. The standard InChI is InChI=1S/C15H23BO4/c1-10(17)8-11-6-7-13(18)12(9-11)16-19-14(2,3)15(4,5)20-16/h6-7,9-10,17-18H,8H2,1-5H3. The second kappa shape index (κ2) is 5.06. The van der Waals surface area contributed by atoms with Crippen LogP contribution in [0.25, 0.3) is 0 Å². The Balaban J connectivity index is 2.30. The van der Waals surface area contributed by atoms with Crippen molar-refractivity contribution in [3.63, 3.8) is 0 Å². The Hall–Kier alpha value is -1.04. The van der Waals surface area contributed by atoms with Crippen molar-refractivity contribution in [1.82, 2.24) is 0 Å². The summed E-state index contributed by atoms with van der Waals surface area (Å²) < 4.78 is 11.9. The van der Waals surface area contributed by atoms with E-state index in [4.69, 9.17) is 9.31 Å². The van der Waals surface area contributed by atoms with E-state index in [0.717, 1.165) is 5.56 Å². The topological polar surface area (TPSA) is 58.9 Å². The largest absolute Gasteiger partial charge is 0.508 e. The van der Waals surface area contributed by atoms with Crippen LogP contribution >= 0.6 is 0 Å². The van der Waals surface area contributed by atoms with Crippen LogP contribution in [0.2, 0.25) is 0 Å². The highest BCUT2D eigenvalue weighted by atomic mass is 16.7. The van der Waals surface area contributed by atoms with E-state index in [1.54, 1.807) is 19.1 Å². The third-order valence-corrected chi connectivity index (χ3v) is 4.13. The molecular formula is C15H23BO4. The fourth-order valence-corrected chi connectivity index (χ4v) is 2.23. The summed E-state index contributed by atoms with van der Waals surface area (Å²) in [6, 6.07) is 5.26. The number of aliphatic hydroxyl groups is 1. The summed E-state index contributed by atoms with van der Waals surface area (Å²) in [5.41, 5.74) is 0.679. The fraction of sp³-hybridized carbons (Fsp3) is 0.600. The van der Waals surface area contributed by atoms with Gasteiger partial charge in [0.1, 0.15) is 5.75 Å². The van der Waals surface area contributed by atoms with Crippen LogP contribution in [0.5, 0.6) is 5.75 Å². The van der Waals surface area contributed by atoms with E-state index in [1.165, 1.54) is 0 Å². The number of hydrogen-bond acceptors (Lipinski definition) is 4. The minimum Gasteiger partial charge on any atom is -0.508 e. The van der Waals surface area contributed by atoms with E-state index < -0.39 is 24.4 Å². The van der Waals surface area contributed by atoms with Crippen LogP contribution in [0, 0.1) is 0 Å². The first kappa shape index (κ1) is 15.4. The van der Waals surface area contributed by atoms with Crippen LogP contribution in [0.1, 0.15) is 40.2 Å². The highest BCUT2D eigenvalue weighted by molar-refractivity contribution is 6.63. The SMILES string of the molecule is CC(O)Cc1ccc(O)c(B2OC(C)(C)C(C)(C)O2)c1. The van der Waals surface area contributed by atoms with E-state index in [9.17, 15) is 10.2 Å². The van der Waals surface area contributed by atoms with E-state index in [-0.39, 0.29) is 5.75 Å². The van der Waals surface area contributed by atoms with Crippen LogP contribution in [-0.4, -0.2) is 34.6 Å². The summed E-state index contributed by atoms with van der Waals surface area (Å²) in [5.74, 6) is 0.151. The maximum atomic E-state index is 10.0. The fourth-order valence-electron chi connectivity index (χ4n) is 2.23. The van der Waals surface area contributed by atoms with Gasteiger partial charge in [0, 0.05) is 5.46 Å². The Kier molecular flexibility index (Phi) is 3.89. The molecule has 0 aromatic heterocycles. The average molecular weight is 278 g/mol. The lowest BCUT2D eigenvalue weighted by Gasteiger charge is -2.32. The number of hydrogen-bond donors (Lipinski definition) is 2. The predicted molar refractivity (Wildman–Crippen MR) is 79.2 cm³/mol. The Labute approximate surface area is 120 Å². The van der Waals surface area contributed by atoms with Crippen molar-refractivity contribution < 1.29 is 19.5 Å². The van der Waals surface area contributed by atoms with Gasteiger partial charge >= 0.3 is 7.12 Å². The van der Waals surface area contributed by atoms with Gasteiger partial charge in [-0.25, -0.2) is 0 Å². The molecule has 1 unspecified atom stereocenters. The van der Waals surface area contributed by atoms with Crippen molar-refractivity contribution in [2.75, 3.05) is 0 Å². The molecule has 1 fully saturated rings. The van der Waals surface area contributed by atoms with Gasteiger partial charge in [0.15, 0.2) is 0 Å². The minimum absolute atomic E-state index is 0.151. The van der Waals surface area contributed by atoms with Crippen LogP contribution in [0.15, 0.2) is 18.2 Å². The molecule has 2 N–H and O–H groups in total. The van der Waals surface area contributed by atoms with Gasteiger partial charge in [-0.05, 0) is 52.7 Å². The first-order chi connectivity index (χ1) is 9.12. The van der Waals surface area contributed by atoms with Gasteiger partial charge < -0.3 is 19.5 Å². The van der Waals surface area contributed by atoms with Gasteiger partial charge in [0.25, 0.3) is 0 Å². The Bertz CT molecular complexity index is 481. The van der Waals surface area contributed by atoms with Gasteiger partial charge in [-0.3, -0.25) is 0 Å². The summed E-state index contributed by atoms with van der Waals surface area (Å²) in [4.78, 5) is 0. The van der Waals surface area contributed by atoms with Crippen molar-refractivity contribution in [2.24, 2.45) is 0 Å². The second-order valence-corrected chi connectivity index (χ2v) is 6.53. The summed E-state index contributed by atoms with van der Waals surface area (Å²) >= 11 is 0. The summed E-state index contributed by atoms with van der Waals surface area (Å²) in [5, 5.41) is 19.5. The molecule has 0 amide bonds. The Morgan fingerprint density at radius 2 is 1.70 bits per heavy atom. The van der Waals surface area contributed by atoms with Gasteiger partial charge in [0.2, 0.25) is 0 Å². The number of phenols is 1. The molecule has 1 aliphatic heterocycles. The lowest BCUT2D eigenvalue weighted by Crippen LogP contribution is -2.41. The van der Waals surface area contributed by atoms with Crippen LogP contribution in [0.4, 0.5) is 0 Å². The molecule has 0 radical (unpaired) electrons. The molecule has 0 spiro atoms.